The average molecular weight is 308 g/mol. The van der Waals surface area contributed by atoms with Crippen LogP contribution in [0.3, 0.4) is 0 Å². The van der Waals surface area contributed by atoms with Crippen LogP contribution in [-0.4, -0.2) is 50.0 Å². The summed E-state index contributed by atoms with van der Waals surface area (Å²) in [5.74, 6) is 4.76. The van der Waals surface area contributed by atoms with Crippen molar-refractivity contribution in [2.75, 3.05) is 26.2 Å². The van der Waals surface area contributed by atoms with Crippen LogP contribution < -0.4 is 5.32 Å². The van der Waals surface area contributed by atoms with Crippen molar-refractivity contribution >= 4 is 15.9 Å². The van der Waals surface area contributed by atoms with Crippen LogP contribution in [0.1, 0.15) is 12.0 Å². The van der Waals surface area contributed by atoms with Gasteiger partial charge in [-0.25, -0.2) is 8.42 Å². The first-order chi connectivity index (χ1) is 10.1. The number of rotatable bonds is 2. The van der Waals surface area contributed by atoms with Crippen molar-refractivity contribution in [3.05, 3.63) is 29.8 Å². The fourth-order valence-corrected chi connectivity index (χ4v) is 3.63. The standard InChI is InChI=1S/C14H16N2O4S/c17-10-3-6-12-5-1-2-7-13(12)21(19,20)16-9-4-8-15-14(18)11-16/h1-2,5,7,17H,4,8-11H2,(H,15,18). The lowest BCUT2D eigenvalue weighted by molar-refractivity contribution is -0.120. The first-order valence-electron chi connectivity index (χ1n) is 6.51. The highest BCUT2D eigenvalue weighted by molar-refractivity contribution is 7.89. The number of carbonyl (C=O) groups is 1. The monoisotopic (exact) mass is 308 g/mol. The van der Waals surface area contributed by atoms with Gasteiger partial charge in [-0.2, -0.15) is 4.31 Å². The van der Waals surface area contributed by atoms with Gasteiger partial charge in [0.1, 0.15) is 6.61 Å². The van der Waals surface area contributed by atoms with E-state index in [-0.39, 0.29) is 30.5 Å². The van der Waals surface area contributed by atoms with Gasteiger partial charge in [-0.1, -0.05) is 24.0 Å². The molecule has 1 aliphatic heterocycles. The zero-order valence-electron chi connectivity index (χ0n) is 11.4. The molecule has 0 bridgehead atoms. The highest BCUT2D eigenvalue weighted by atomic mass is 32.2. The van der Waals surface area contributed by atoms with Gasteiger partial charge >= 0.3 is 0 Å². The maximum atomic E-state index is 12.7. The summed E-state index contributed by atoms with van der Waals surface area (Å²) in [6.45, 7) is 0.213. The summed E-state index contributed by atoms with van der Waals surface area (Å²) in [5, 5.41) is 11.4. The van der Waals surface area contributed by atoms with Gasteiger partial charge in [0.2, 0.25) is 15.9 Å². The lowest BCUT2D eigenvalue weighted by Gasteiger charge is -2.19. The predicted octanol–water partition coefficient (Wildman–Crippen LogP) is -0.459. The Hall–Kier alpha value is -1.88. The lowest BCUT2D eigenvalue weighted by Crippen LogP contribution is -2.37. The van der Waals surface area contributed by atoms with Crippen molar-refractivity contribution in [2.45, 2.75) is 11.3 Å². The van der Waals surface area contributed by atoms with E-state index in [2.05, 4.69) is 17.2 Å². The molecular weight excluding hydrogens is 292 g/mol. The quantitative estimate of drug-likeness (QED) is 0.724. The largest absolute Gasteiger partial charge is 0.384 e. The van der Waals surface area contributed by atoms with Crippen LogP contribution in [0.2, 0.25) is 0 Å². The Labute approximate surface area is 123 Å². The molecule has 0 aliphatic carbocycles. The maximum Gasteiger partial charge on any atom is 0.244 e. The third kappa shape index (κ3) is 3.61. The van der Waals surface area contributed by atoms with E-state index in [9.17, 15) is 13.2 Å². The molecule has 1 heterocycles. The van der Waals surface area contributed by atoms with Crippen LogP contribution in [0.15, 0.2) is 29.2 Å². The second-order valence-electron chi connectivity index (χ2n) is 4.50. The van der Waals surface area contributed by atoms with Crippen molar-refractivity contribution < 1.29 is 18.3 Å². The number of nitrogens with one attached hydrogen (secondary N) is 1. The Balaban J connectivity index is 2.41. The van der Waals surface area contributed by atoms with Crippen LogP contribution in [0.4, 0.5) is 0 Å². The summed E-state index contributed by atoms with van der Waals surface area (Å²) in [4.78, 5) is 11.6. The van der Waals surface area contributed by atoms with Gasteiger partial charge in [-0.05, 0) is 18.6 Å². The van der Waals surface area contributed by atoms with Crippen molar-refractivity contribution in [3.63, 3.8) is 0 Å². The molecule has 0 unspecified atom stereocenters. The summed E-state index contributed by atoms with van der Waals surface area (Å²) in [6.07, 6.45) is 0.565. The van der Waals surface area contributed by atoms with Gasteiger partial charge in [-0.15, -0.1) is 0 Å². The van der Waals surface area contributed by atoms with Crippen LogP contribution >= 0.6 is 0 Å². The molecule has 6 nitrogen and oxygen atoms in total. The third-order valence-electron chi connectivity index (χ3n) is 3.03. The van der Waals surface area contributed by atoms with E-state index in [4.69, 9.17) is 5.11 Å². The Morgan fingerprint density at radius 3 is 2.86 bits per heavy atom. The number of nitrogens with zero attached hydrogens (tertiary/aromatic N) is 1. The van der Waals surface area contributed by atoms with Gasteiger partial charge in [0, 0.05) is 18.7 Å². The number of hydrogen-bond acceptors (Lipinski definition) is 4. The first kappa shape index (κ1) is 15.5. The normalized spacial score (nSPS) is 16.5. The summed E-state index contributed by atoms with van der Waals surface area (Å²) in [6, 6.07) is 6.32. The van der Waals surface area contributed by atoms with Crippen LogP contribution in [0.5, 0.6) is 0 Å². The highest BCUT2D eigenvalue weighted by Crippen LogP contribution is 2.20. The van der Waals surface area contributed by atoms with Crippen LogP contribution in [0.25, 0.3) is 0 Å². The highest BCUT2D eigenvalue weighted by Gasteiger charge is 2.29. The summed E-state index contributed by atoms with van der Waals surface area (Å²) in [5.41, 5.74) is 0.316. The van der Waals surface area contributed by atoms with Gasteiger partial charge in [0.05, 0.1) is 11.4 Å². The second kappa shape index (κ2) is 6.72. The van der Waals surface area contributed by atoms with Crippen LogP contribution in [-0.2, 0) is 14.8 Å². The Morgan fingerprint density at radius 2 is 2.10 bits per heavy atom. The number of aliphatic hydroxyl groups is 1. The average Bonchev–Trinajstić information content (AvgIpc) is 2.70. The molecule has 1 aliphatic rings. The van der Waals surface area contributed by atoms with Crippen molar-refractivity contribution in [3.8, 4) is 11.8 Å². The molecule has 1 amide bonds. The molecule has 2 rings (SSSR count). The summed E-state index contributed by atoms with van der Waals surface area (Å²) < 4.78 is 26.5. The number of carbonyl (C=O) groups excluding carboxylic acids is 1. The van der Waals surface area contributed by atoms with E-state index in [0.29, 0.717) is 18.5 Å². The Bertz CT molecular complexity index is 688. The van der Waals surface area contributed by atoms with Gasteiger partial charge in [0.25, 0.3) is 0 Å². The van der Waals surface area contributed by atoms with Gasteiger partial charge < -0.3 is 10.4 Å². The summed E-state index contributed by atoms with van der Waals surface area (Å²) >= 11 is 0. The molecule has 1 aromatic carbocycles. The van der Waals surface area contributed by atoms with Crippen molar-refractivity contribution in [1.82, 2.24) is 9.62 Å². The number of amides is 1. The summed E-state index contributed by atoms with van der Waals surface area (Å²) in [7, 11) is -3.79. The number of hydrogen-bond donors (Lipinski definition) is 2. The molecule has 1 saturated heterocycles. The van der Waals surface area contributed by atoms with Gasteiger partial charge in [0.15, 0.2) is 0 Å². The van der Waals surface area contributed by atoms with E-state index >= 15 is 0 Å². The molecule has 1 aromatic rings. The fraction of sp³-hybridized carbons (Fsp3) is 0.357. The van der Waals surface area contributed by atoms with E-state index < -0.39 is 10.0 Å². The van der Waals surface area contributed by atoms with Crippen molar-refractivity contribution in [2.24, 2.45) is 0 Å². The van der Waals surface area contributed by atoms with E-state index in [1.807, 2.05) is 0 Å². The van der Waals surface area contributed by atoms with Gasteiger partial charge in [-0.3, -0.25) is 4.79 Å². The minimum absolute atomic E-state index is 0.0562. The molecular formula is C14H16N2O4S. The molecule has 112 valence electrons. The minimum Gasteiger partial charge on any atom is -0.384 e. The van der Waals surface area contributed by atoms with E-state index in [1.165, 1.54) is 6.07 Å². The molecule has 0 aromatic heterocycles. The van der Waals surface area contributed by atoms with Crippen LogP contribution in [0, 0.1) is 11.8 Å². The number of sulfonamides is 1. The third-order valence-corrected chi connectivity index (χ3v) is 4.94. The SMILES string of the molecule is O=C1CN(S(=O)(=O)c2ccccc2C#CCO)CCCN1. The molecule has 1 fully saturated rings. The fourth-order valence-electron chi connectivity index (χ4n) is 2.05. The molecule has 0 radical (unpaired) electrons. The number of benzene rings is 1. The Morgan fingerprint density at radius 1 is 1.33 bits per heavy atom. The lowest BCUT2D eigenvalue weighted by atomic mass is 10.2. The topological polar surface area (TPSA) is 86.7 Å². The Kier molecular flexibility index (Phi) is 4.96. The predicted molar refractivity (Wildman–Crippen MR) is 76.8 cm³/mol. The smallest absolute Gasteiger partial charge is 0.244 e. The zero-order valence-corrected chi connectivity index (χ0v) is 12.2. The number of aliphatic hydroxyl groups excluding tert-OH is 1. The molecule has 0 spiro atoms. The zero-order chi connectivity index (χ0) is 15.3. The molecule has 7 heteroatoms. The van der Waals surface area contributed by atoms with E-state index in [1.54, 1.807) is 18.2 Å². The molecule has 0 atom stereocenters. The second-order valence-corrected chi connectivity index (χ2v) is 6.40. The molecule has 21 heavy (non-hydrogen) atoms. The molecule has 2 N–H and O–H groups in total. The van der Waals surface area contributed by atoms with E-state index in [0.717, 1.165) is 4.31 Å². The molecule has 0 saturated carbocycles. The first-order valence-corrected chi connectivity index (χ1v) is 7.95. The maximum absolute atomic E-state index is 12.7. The minimum atomic E-state index is -3.79. The van der Waals surface area contributed by atoms with Crippen molar-refractivity contribution in [1.29, 1.82) is 0 Å².